The van der Waals surface area contributed by atoms with E-state index < -0.39 is 0 Å². The van der Waals surface area contributed by atoms with E-state index in [0.29, 0.717) is 23.2 Å². The smallest absolute Gasteiger partial charge is 0.185 e. The van der Waals surface area contributed by atoms with Gasteiger partial charge in [0.2, 0.25) is 0 Å². The van der Waals surface area contributed by atoms with Gasteiger partial charge in [0.1, 0.15) is 5.69 Å². The molecule has 4 nitrogen and oxygen atoms in total. The number of aryl methyl sites for hydroxylation is 1. The molecule has 2 rings (SSSR count). The summed E-state index contributed by atoms with van der Waals surface area (Å²) in [5.41, 5.74) is 6.32. The van der Waals surface area contributed by atoms with Gasteiger partial charge in [0.15, 0.2) is 5.78 Å². The van der Waals surface area contributed by atoms with Crippen LogP contribution in [0.2, 0.25) is 5.02 Å². The third-order valence-corrected chi connectivity index (χ3v) is 4.04. The summed E-state index contributed by atoms with van der Waals surface area (Å²) in [4.78, 5) is 12.6. The Kier molecular flexibility index (Phi) is 4.40. The minimum atomic E-state index is 0.0276. The van der Waals surface area contributed by atoms with E-state index in [-0.39, 0.29) is 11.7 Å². The first kappa shape index (κ1) is 13.6. The van der Waals surface area contributed by atoms with Gasteiger partial charge >= 0.3 is 0 Å². The third kappa shape index (κ3) is 2.45. The average Bonchev–Trinajstić information content (AvgIpc) is 2.96. The van der Waals surface area contributed by atoms with Crippen molar-refractivity contribution in [2.75, 3.05) is 6.54 Å². The molecule has 2 atom stereocenters. The molecule has 1 aliphatic carbocycles. The number of carbonyl (C=O) groups is 1. The van der Waals surface area contributed by atoms with Crippen molar-refractivity contribution in [1.82, 2.24) is 9.78 Å². The second-order valence-electron chi connectivity index (χ2n) is 4.96. The summed E-state index contributed by atoms with van der Waals surface area (Å²) in [6.07, 6.45) is 5.55. The van der Waals surface area contributed by atoms with Crippen molar-refractivity contribution < 1.29 is 4.79 Å². The van der Waals surface area contributed by atoms with Crippen LogP contribution in [0.4, 0.5) is 0 Å². The number of rotatable bonds is 5. The molecule has 1 aromatic rings. The first-order valence-electron chi connectivity index (χ1n) is 6.64. The van der Waals surface area contributed by atoms with E-state index in [4.69, 9.17) is 17.3 Å². The quantitative estimate of drug-likeness (QED) is 0.836. The molecule has 2 N–H and O–H groups in total. The summed E-state index contributed by atoms with van der Waals surface area (Å²) in [5, 5.41) is 4.65. The average molecular weight is 270 g/mol. The largest absolute Gasteiger partial charge is 0.330 e. The fourth-order valence-electron chi connectivity index (χ4n) is 2.83. The Bertz CT molecular complexity index is 430. The molecule has 1 fully saturated rings. The van der Waals surface area contributed by atoms with Gasteiger partial charge < -0.3 is 5.73 Å². The number of ketones is 1. The number of Topliss-reactive ketones (excluding diaryl/α,β-unsaturated/α-hetero) is 1. The zero-order valence-corrected chi connectivity index (χ0v) is 11.5. The molecule has 0 spiro atoms. The van der Waals surface area contributed by atoms with Crippen molar-refractivity contribution in [3.8, 4) is 0 Å². The van der Waals surface area contributed by atoms with E-state index in [2.05, 4.69) is 12.0 Å². The Morgan fingerprint density at radius 2 is 2.39 bits per heavy atom. The second-order valence-corrected chi connectivity index (χ2v) is 5.37. The maximum atomic E-state index is 12.6. The lowest BCUT2D eigenvalue weighted by atomic mass is 9.90. The highest BCUT2D eigenvalue weighted by atomic mass is 35.5. The molecule has 1 aliphatic rings. The molecule has 1 heterocycles. The summed E-state index contributed by atoms with van der Waals surface area (Å²) >= 11 is 6.11. The first-order valence-corrected chi connectivity index (χ1v) is 7.02. The number of hydrogen-bond acceptors (Lipinski definition) is 3. The Morgan fingerprint density at radius 3 is 3.06 bits per heavy atom. The topological polar surface area (TPSA) is 60.9 Å². The number of halogens is 1. The lowest BCUT2D eigenvalue weighted by Crippen LogP contribution is -2.27. The number of aromatic nitrogens is 2. The summed E-state index contributed by atoms with van der Waals surface area (Å²) in [6.45, 7) is 3.37. The third-order valence-electron chi connectivity index (χ3n) is 3.76. The van der Waals surface area contributed by atoms with E-state index in [1.807, 2.05) is 0 Å². The maximum Gasteiger partial charge on any atom is 0.185 e. The number of nitrogens with zero attached hydrogens (tertiary/aromatic N) is 2. The monoisotopic (exact) mass is 269 g/mol. The Morgan fingerprint density at radius 1 is 1.61 bits per heavy atom. The van der Waals surface area contributed by atoms with E-state index in [1.165, 1.54) is 0 Å². The summed E-state index contributed by atoms with van der Waals surface area (Å²) in [7, 11) is 0. The van der Waals surface area contributed by atoms with Gasteiger partial charge in [-0.2, -0.15) is 5.10 Å². The Hall–Kier alpha value is -0.870. The molecule has 2 unspecified atom stereocenters. The van der Waals surface area contributed by atoms with Crippen molar-refractivity contribution in [2.24, 2.45) is 17.6 Å². The van der Waals surface area contributed by atoms with Crippen LogP contribution in [-0.2, 0) is 6.54 Å². The lowest BCUT2D eigenvalue weighted by molar-refractivity contribution is 0.0882. The van der Waals surface area contributed by atoms with Crippen LogP contribution >= 0.6 is 11.6 Å². The standard InChI is InChI=1S/C13H20ClN3O/c1-2-6-17-12(11(14)8-16-17)13(18)10-5-3-4-9(10)7-15/h8-10H,2-7,15H2,1H3. The van der Waals surface area contributed by atoms with Gasteiger partial charge in [-0.3, -0.25) is 9.48 Å². The van der Waals surface area contributed by atoms with Crippen LogP contribution < -0.4 is 5.73 Å². The minimum absolute atomic E-state index is 0.0276. The van der Waals surface area contributed by atoms with Crippen molar-refractivity contribution in [1.29, 1.82) is 0 Å². The van der Waals surface area contributed by atoms with Crippen molar-refractivity contribution >= 4 is 17.4 Å². The molecule has 100 valence electrons. The van der Waals surface area contributed by atoms with Gasteiger partial charge in [0.05, 0.1) is 11.2 Å². The predicted molar refractivity (Wildman–Crippen MR) is 71.7 cm³/mol. The SMILES string of the molecule is CCCn1ncc(Cl)c1C(=O)C1CCCC1CN. The molecular formula is C13H20ClN3O. The van der Waals surface area contributed by atoms with Gasteiger partial charge in [-0.1, -0.05) is 24.9 Å². The molecule has 0 aromatic carbocycles. The molecule has 1 aromatic heterocycles. The number of carbonyl (C=O) groups excluding carboxylic acids is 1. The normalized spacial score (nSPS) is 23.5. The molecule has 0 saturated heterocycles. The summed E-state index contributed by atoms with van der Waals surface area (Å²) in [6, 6.07) is 0. The second kappa shape index (κ2) is 5.85. The highest BCUT2D eigenvalue weighted by Gasteiger charge is 2.35. The first-order chi connectivity index (χ1) is 8.69. The molecule has 5 heteroatoms. The van der Waals surface area contributed by atoms with Gasteiger partial charge in [0, 0.05) is 12.5 Å². The highest BCUT2D eigenvalue weighted by molar-refractivity contribution is 6.33. The van der Waals surface area contributed by atoms with Gasteiger partial charge in [0.25, 0.3) is 0 Å². The number of hydrogen-bond donors (Lipinski definition) is 1. The molecule has 0 bridgehead atoms. The fourth-order valence-corrected chi connectivity index (χ4v) is 3.06. The van der Waals surface area contributed by atoms with Crippen LogP contribution in [0.15, 0.2) is 6.20 Å². The van der Waals surface area contributed by atoms with Crippen LogP contribution in [0.25, 0.3) is 0 Å². The van der Waals surface area contributed by atoms with Crippen LogP contribution in [0.5, 0.6) is 0 Å². The zero-order valence-electron chi connectivity index (χ0n) is 10.7. The molecular weight excluding hydrogens is 250 g/mol. The highest BCUT2D eigenvalue weighted by Crippen LogP contribution is 2.34. The van der Waals surface area contributed by atoms with Gasteiger partial charge in [-0.25, -0.2) is 0 Å². The van der Waals surface area contributed by atoms with E-state index in [0.717, 1.165) is 32.2 Å². The summed E-state index contributed by atoms with van der Waals surface area (Å²) < 4.78 is 1.73. The molecule has 0 aliphatic heterocycles. The summed E-state index contributed by atoms with van der Waals surface area (Å²) in [5.74, 6) is 0.456. The number of nitrogens with two attached hydrogens (primary N) is 1. The van der Waals surface area contributed by atoms with Gasteiger partial charge in [-0.05, 0) is 31.7 Å². The van der Waals surface area contributed by atoms with Crippen molar-refractivity contribution in [2.45, 2.75) is 39.2 Å². The molecule has 0 amide bonds. The van der Waals surface area contributed by atoms with E-state index >= 15 is 0 Å². The van der Waals surface area contributed by atoms with Crippen molar-refractivity contribution in [3.63, 3.8) is 0 Å². The minimum Gasteiger partial charge on any atom is -0.330 e. The van der Waals surface area contributed by atoms with Gasteiger partial charge in [-0.15, -0.1) is 0 Å². The molecule has 0 radical (unpaired) electrons. The fraction of sp³-hybridized carbons (Fsp3) is 0.692. The van der Waals surface area contributed by atoms with Crippen LogP contribution in [0.1, 0.15) is 43.1 Å². The maximum absolute atomic E-state index is 12.6. The Balaban J connectivity index is 2.25. The predicted octanol–water partition coefficient (Wildman–Crippen LogP) is 2.50. The van der Waals surface area contributed by atoms with Crippen LogP contribution in [-0.4, -0.2) is 22.1 Å². The van der Waals surface area contributed by atoms with Crippen LogP contribution in [0, 0.1) is 11.8 Å². The van der Waals surface area contributed by atoms with E-state index in [1.54, 1.807) is 10.9 Å². The van der Waals surface area contributed by atoms with Crippen molar-refractivity contribution in [3.05, 3.63) is 16.9 Å². The Labute approximate surface area is 112 Å². The van der Waals surface area contributed by atoms with Crippen LogP contribution in [0.3, 0.4) is 0 Å². The molecule has 1 saturated carbocycles. The van der Waals surface area contributed by atoms with E-state index in [9.17, 15) is 4.79 Å². The molecule has 18 heavy (non-hydrogen) atoms. The zero-order chi connectivity index (χ0) is 13.1. The lowest BCUT2D eigenvalue weighted by Gasteiger charge is -2.17.